The molecule has 0 radical (unpaired) electrons. The van der Waals surface area contributed by atoms with Crippen LogP contribution in [0, 0.1) is 0 Å². The SMILES string of the molecule is Nc1ccncc1C(=O)Nc1ccc(OC(F)F)cc1. The smallest absolute Gasteiger partial charge is 0.387 e. The van der Waals surface area contributed by atoms with Gasteiger partial charge in [-0.1, -0.05) is 0 Å². The van der Waals surface area contributed by atoms with Crippen molar-refractivity contribution in [3.8, 4) is 5.75 Å². The van der Waals surface area contributed by atoms with Crippen LogP contribution < -0.4 is 15.8 Å². The average molecular weight is 279 g/mol. The van der Waals surface area contributed by atoms with Gasteiger partial charge in [-0.05, 0) is 30.3 Å². The molecule has 2 aromatic rings. The van der Waals surface area contributed by atoms with E-state index >= 15 is 0 Å². The van der Waals surface area contributed by atoms with Crippen molar-refractivity contribution in [1.29, 1.82) is 0 Å². The Morgan fingerprint density at radius 2 is 1.95 bits per heavy atom. The number of carbonyl (C=O) groups excluding carboxylic acids is 1. The van der Waals surface area contributed by atoms with E-state index in [1.54, 1.807) is 0 Å². The number of benzene rings is 1. The Hall–Kier alpha value is -2.70. The predicted molar refractivity (Wildman–Crippen MR) is 69.7 cm³/mol. The van der Waals surface area contributed by atoms with Crippen LogP contribution in [0.25, 0.3) is 0 Å². The first kappa shape index (κ1) is 13.7. The molecule has 7 heteroatoms. The molecule has 20 heavy (non-hydrogen) atoms. The molecule has 1 aromatic heterocycles. The summed E-state index contributed by atoms with van der Waals surface area (Å²) in [6, 6.07) is 7.06. The van der Waals surface area contributed by atoms with Crippen molar-refractivity contribution in [3.05, 3.63) is 48.3 Å². The molecular formula is C13H11F2N3O2. The van der Waals surface area contributed by atoms with Gasteiger partial charge < -0.3 is 15.8 Å². The number of halogens is 2. The van der Waals surface area contributed by atoms with Crippen molar-refractivity contribution >= 4 is 17.3 Å². The second-order valence-electron chi connectivity index (χ2n) is 3.82. The number of hydrogen-bond acceptors (Lipinski definition) is 4. The molecule has 0 spiro atoms. The zero-order valence-electron chi connectivity index (χ0n) is 10.2. The van der Waals surface area contributed by atoms with Crippen molar-refractivity contribution in [2.24, 2.45) is 0 Å². The molecule has 0 aliphatic carbocycles. The molecule has 0 bridgehead atoms. The van der Waals surface area contributed by atoms with E-state index in [9.17, 15) is 13.6 Å². The molecule has 2 rings (SSSR count). The number of aromatic nitrogens is 1. The Morgan fingerprint density at radius 3 is 2.55 bits per heavy atom. The van der Waals surface area contributed by atoms with E-state index in [4.69, 9.17) is 5.73 Å². The largest absolute Gasteiger partial charge is 0.435 e. The van der Waals surface area contributed by atoms with E-state index in [-0.39, 0.29) is 11.3 Å². The van der Waals surface area contributed by atoms with Crippen LogP contribution in [0.2, 0.25) is 0 Å². The number of amides is 1. The summed E-state index contributed by atoms with van der Waals surface area (Å²) in [7, 11) is 0. The fourth-order valence-electron chi connectivity index (χ4n) is 1.51. The van der Waals surface area contributed by atoms with Crippen molar-refractivity contribution in [3.63, 3.8) is 0 Å². The molecule has 104 valence electrons. The van der Waals surface area contributed by atoms with Crippen molar-refractivity contribution < 1.29 is 18.3 Å². The molecule has 0 saturated carbocycles. The molecule has 0 aliphatic rings. The second-order valence-corrected chi connectivity index (χ2v) is 3.82. The standard InChI is InChI=1S/C13H11F2N3O2/c14-13(15)20-9-3-1-8(2-4-9)18-12(19)10-7-17-6-5-11(10)16/h1-7,13H,(H2,16,17)(H,18,19). The molecule has 1 amide bonds. The first-order valence-electron chi connectivity index (χ1n) is 5.62. The fourth-order valence-corrected chi connectivity index (χ4v) is 1.51. The van der Waals surface area contributed by atoms with Gasteiger partial charge in [0.1, 0.15) is 5.75 Å². The molecule has 1 aromatic carbocycles. The van der Waals surface area contributed by atoms with Gasteiger partial charge in [0.25, 0.3) is 5.91 Å². The van der Waals surface area contributed by atoms with Crippen molar-refractivity contribution in [2.75, 3.05) is 11.1 Å². The lowest BCUT2D eigenvalue weighted by Crippen LogP contribution is -2.14. The zero-order chi connectivity index (χ0) is 14.5. The number of rotatable bonds is 4. The lowest BCUT2D eigenvalue weighted by Gasteiger charge is -2.08. The topological polar surface area (TPSA) is 77.2 Å². The minimum absolute atomic E-state index is 0.0129. The normalized spacial score (nSPS) is 10.3. The number of ether oxygens (including phenoxy) is 1. The van der Waals surface area contributed by atoms with Gasteiger partial charge in [-0.2, -0.15) is 8.78 Å². The highest BCUT2D eigenvalue weighted by Gasteiger charge is 2.10. The maximum absolute atomic E-state index is 12.0. The van der Waals surface area contributed by atoms with Crippen LogP contribution in [0.3, 0.4) is 0 Å². The highest BCUT2D eigenvalue weighted by molar-refractivity contribution is 6.07. The highest BCUT2D eigenvalue weighted by Crippen LogP contribution is 2.19. The Labute approximate surface area is 113 Å². The molecule has 0 saturated heterocycles. The quantitative estimate of drug-likeness (QED) is 0.901. The van der Waals surface area contributed by atoms with E-state index in [1.165, 1.54) is 42.7 Å². The maximum atomic E-state index is 12.0. The number of nitrogens with zero attached hydrogens (tertiary/aromatic N) is 1. The summed E-state index contributed by atoms with van der Waals surface area (Å²) in [5, 5.41) is 2.58. The van der Waals surface area contributed by atoms with Gasteiger partial charge in [0, 0.05) is 23.8 Å². The minimum Gasteiger partial charge on any atom is -0.435 e. The summed E-state index contributed by atoms with van der Waals surface area (Å²) in [5.74, 6) is -0.419. The van der Waals surface area contributed by atoms with Crippen molar-refractivity contribution in [1.82, 2.24) is 4.98 Å². The number of nitrogens with one attached hydrogen (secondary N) is 1. The number of anilines is 2. The second kappa shape index (κ2) is 5.96. The van der Waals surface area contributed by atoms with Gasteiger partial charge in [0.05, 0.1) is 5.56 Å². The third kappa shape index (κ3) is 3.41. The monoisotopic (exact) mass is 279 g/mol. The van der Waals surface area contributed by atoms with Gasteiger partial charge in [0.15, 0.2) is 0 Å². The average Bonchev–Trinajstić information content (AvgIpc) is 2.41. The van der Waals surface area contributed by atoms with Crippen LogP contribution in [0.15, 0.2) is 42.7 Å². The number of hydrogen-bond donors (Lipinski definition) is 2. The number of alkyl halides is 2. The molecule has 0 fully saturated rings. The summed E-state index contributed by atoms with van der Waals surface area (Å²) >= 11 is 0. The Kier molecular flexibility index (Phi) is 4.09. The zero-order valence-corrected chi connectivity index (χ0v) is 10.2. The third-order valence-electron chi connectivity index (χ3n) is 2.44. The van der Waals surface area contributed by atoms with E-state index < -0.39 is 12.5 Å². The van der Waals surface area contributed by atoms with Gasteiger partial charge in [0.2, 0.25) is 0 Å². The van der Waals surface area contributed by atoms with Crippen LogP contribution in [0.4, 0.5) is 20.2 Å². The van der Waals surface area contributed by atoms with E-state index in [2.05, 4.69) is 15.0 Å². The summed E-state index contributed by atoms with van der Waals surface area (Å²) in [4.78, 5) is 15.7. The summed E-state index contributed by atoms with van der Waals surface area (Å²) < 4.78 is 28.2. The van der Waals surface area contributed by atoms with E-state index in [0.717, 1.165) is 0 Å². The number of pyridine rings is 1. The Balaban J connectivity index is 2.07. The first-order chi connectivity index (χ1) is 9.56. The lowest BCUT2D eigenvalue weighted by atomic mass is 10.2. The lowest BCUT2D eigenvalue weighted by molar-refractivity contribution is -0.0498. The molecular weight excluding hydrogens is 268 g/mol. The summed E-state index contributed by atoms with van der Waals surface area (Å²) in [6.07, 6.45) is 2.82. The van der Waals surface area contributed by atoms with E-state index in [1.807, 2.05) is 0 Å². The molecule has 5 nitrogen and oxygen atoms in total. The first-order valence-corrected chi connectivity index (χ1v) is 5.62. The van der Waals surface area contributed by atoms with Crippen molar-refractivity contribution in [2.45, 2.75) is 6.61 Å². The van der Waals surface area contributed by atoms with Gasteiger partial charge in [-0.15, -0.1) is 0 Å². The van der Waals surface area contributed by atoms with Gasteiger partial charge in [-0.3, -0.25) is 9.78 Å². The Bertz CT molecular complexity index is 603. The van der Waals surface area contributed by atoms with Gasteiger partial charge in [-0.25, -0.2) is 0 Å². The number of nitrogen functional groups attached to an aromatic ring is 1. The predicted octanol–water partition coefficient (Wildman–Crippen LogP) is 2.52. The molecule has 0 atom stereocenters. The number of nitrogens with two attached hydrogens (primary N) is 1. The van der Waals surface area contributed by atoms with Crippen LogP contribution in [-0.2, 0) is 0 Å². The van der Waals surface area contributed by atoms with Crippen LogP contribution in [0.5, 0.6) is 5.75 Å². The molecule has 0 unspecified atom stereocenters. The highest BCUT2D eigenvalue weighted by atomic mass is 19.3. The van der Waals surface area contributed by atoms with Crippen LogP contribution in [0.1, 0.15) is 10.4 Å². The molecule has 1 heterocycles. The summed E-state index contributed by atoms with van der Waals surface area (Å²) in [5.41, 5.74) is 6.62. The van der Waals surface area contributed by atoms with Crippen LogP contribution in [-0.4, -0.2) is 17.5 Å². The molecule has 3 N–H and O–H groups in total. The van der Waals surface area contributed by atoms with Crippen LogP contribution >= 0.6 is 0 Å². The summed E-state index contributed by atoms with van der Waals surface area (Å²) in [6.45, 7) is -2.88. The fraction of sp³-hybridized carbons (Fsp3) is 0.0769. The number of carbonyl (C=O) groups is 1. The maximum Gasteiger partial charge on any atom is 0.387 e. The minimum atomic E-state index is -2.88. The van der Waals surface area contributed by atoms with E-state index in [0.29, 0.717) is 11.4 Å². The molecule has 0 aliphatic heterocycles. The third-order valence-corrected chi connectivity index (χ3v) is 2.44. The van der Waals surface area contributed by atoms with Gasteiger partial charge >= 0.3 is 6.61 Å². The Morgan fingerprint density at radius 1 is 1.25 bits per heavy atom.